The van der Waals surface area contributed by atoms with Crippen molar-refractivity contribution in [3.63, 3.8) is 0 Å². The van der Waals surface area contributed by atoms with Crippen LogP contribution in [0, 0.1) is 0 Å². The molecule has 2 N–H and O–H groups in total. The van der Waals surface area contributed by atoms with Crippen LogP contribution < -0.4 is 5.73 Å². The molecular weight excluding hydrogens is 97.0 g/mol. The molecule has 0 unspecified atom stereocenters. The van der Waals surface area contributed by atoms with Gasteiger partial charge in [0, 0.05) is 6.54 Å². The summed E-state index contributed by atoms with van der Waals surface area (Å²) in [6, 6.07) is 0. The molecule has 0 aromatic rings. The van der Waals surface area contributed by atoms with E-state index in [0.717, 1.165) is 0 Å². The molecule has 1 atom stereocenters. The van der Waals surface area contributed by atoms with Crippen LogP contribution in [0.4, 0.5) is 4.39 Å². The van der Waals surface area contributed by atoms with Crippen LogP contribution in [0.1, 0.15) is 6.92 Å². The lowest BCUT2D eigenvalue weighted by atomic mass is 10.3. The average Bonchev–Trinajstić information content (AvgIpc) is 1.65. The van der Waals surface area contributed by atoms with Crippen molar-refractivity contribution in [2.45, 2.75) is 13.1 Å². The summed E-state index contributed by atoms with van der Waals surface area (Å²) in [5, 5.41) is 0. The highest BCUT2D eigenvalue weighted by atomic mass is 19.1. The highest BCUT2D eigenvalue weighted by Crippen LogP contribution is 1.85. The minimum absolute atomic E-state index is 0.199. The van der Waals surface area contributed by atoms with Crippen LogP contribution in [0.15, 0.2) is 0 Å². The first-order valence-electron chi connectivity index (χ1n) is 2.03. The summed E-state index contributed by atoms with van der Waals surface area (Å²) in [6.45, 7) is 0.979. The average molecular weight is 105 g/mol. The van der Waals surface area contributed by atoms with Crippen LogP contribution in [0.25, 0.3) is 0 Å². The first-order valence-corrected chi connectivity index (χ1v) is 2.03. The van der Waals surface area contributed by atoms with Gasteiger partial charge in [-0.15, -0.1) is 0 Å². The van der Waals surface area contributed by atoms with Crippen LogP contribution >= 0.6 is 0 Å². The Morgan fingerprint density at radius 1 is 2.00 bits per heavy atom. The summed E-state index contributed by atoms with van der Waals surface area (Å²) < 4.78 is 11.8. The number of alkyl halides is 1. The monoisotopic (exact) mass is 105 g/mol. The third-order valence-corrected chi connectivity index (χ3v) is 0.648. The molecule has 0 aliphatic heterocycles. The smallest absolute Gasteiger partial charge is 0.170 e. The third-order valence-electron chi connectivity index (χ3n) is 0.648. The topological polar surface area (TPSA) is 43.1 Å². The van der Waals surface area contributed by atoms with E-state index in [1.165, 1.54) is 6.92 Å². The molecule has 0 spiro atoms. The largest absolute Gasteiger partial charge is 0.327 e. The zero-order valence-electron chi connectivity index (χ0n) is 4.15. The van der Waals surface area contributed by atoms with E-state index in [2.05, 4.69) is 0 Å². The van der Waals surface area contributed by atoms with Crippen LogP contribution in [0.3, 0.4) is 0 Å². The molecule has 0 bridgehead atoms. The fraction of sp³-hybridized carbons (Fsp3) is 0.750. The third kappa shape index (κ3) is 2.28. The number of ketones is 1. The molecular formula is C4H8FNO. The Balaban J connectivity index is 3.34. The van der Waals surface area contributed by atoms with E-state index in [1.54, 1.807) is 0 Å². The number of nitrogens with two attached hydrogens (primary N) is 1. The van der Waals surface area contributed by atoms with E-state index >= 15 is 0 Å². The number of Topliss-reactive ketones (excluding diaryl/α,β-unsaturated/α-hetero) is 1. The van der Waals surface area contributed by atoms with Gasteiger partial charge in [0.05, 0.1) is 0 Å². The molecule has 0 aliphatic carbocycles. The number of halogens is 1. The van der Waals surface area contributed by atoms with E-state index in [9.17, 15) is 9.18 Å². The Kier molecular flexibility index (Phi) is 2.52. The maximum atomic E-state index is 11.8. The van der Waals surface area contributed by atoms with Crippen LogP contribution in [0.5, 0.6) is 0 Å². The Morgan fingerprint density at radius 3 is 2.43 bits per heavy atom. The van der Waals surface area contributed by atoms with Gasteiger partial charge in [-0.25, -0.2) is 4.39 Å². The lowest BCUT2D eigenvalue weighted by molar-refractivity contribution is -0.121. The van der Waals surface area contributed by atoms with Gasteiger partial charge < -0.3 is 5.73 Å². The van der Waals surface area contributed by atoms with Crippen molar-refractivity contribution in [1.29, 1.82) is 0 Å². The number of hydrogen-bond donors (Lipinski definition) is 1. The van der Waals surface area contributed by atoms with Gasteiger partial charge in [0.1, 0.15) is 0 Å². The van der Waals surface area contributed by atoms with Crippen molar-refractivity contribution in [2.75, 3.05) is 6.54 Å². The maximum Gasteiger partial charge on any atom is 0.170 e. The highest BCUT2D eigenvalue weighted by Gasteiger charge is 2.06. The summed E-state index contributed by atoms with van der Waals surface area (Å²) in [5.74, 6) is -0.498. The molecule has 2 nitrogen and oxygen atoms in total. The second-order valence-corrected chi connectivity index (χ2v) is 1.31. The molecule has 0 amide bonds. The quantitative estimate of drug-likeness (QED) is 0.531. The second-order valence-electron chi connectivity index (χ2n) is 1.31. The standard InChI is InChI=1S/C4H8FNO/c1-3(7)4(5)2-6/h4H,2,6H2,1H3/t4-/m0/s1. The van der Waals surface area contributed by atoms with Gasteiger partial charge in [0.15, 0.2) is 12.0 Å². The minimum Gasteiger partial charge on any atom is -0.327 e. The minimum atomic E-state index is -1.46. The lowest BCUT2D eigenvalue weighted by Crippen LogP contribution is -2.22. The Labute approximate surface area is 41.5 Å². The van der Waals surface area contributed by atoms with E-state index in [0.29, 0.717) is 0 Å². The van der Waals surface area contributed by atoms with Crippen molar-refractivity contribution in [1.82, 2.24) is 0 Å². The van der Waals surface area contributed by atoms with Gasteiger partial charge in [-0.05, 0) is 6.92 Å². The molecule has 0 heterocycles. The van der Waals surface area contributed by atoms with Gasteiger partial charge in [0.2, 0.25) is 0 Å². The molecule has 0 fully saturated rings. The summed E-state index contributed by atoms with van der Waals surface area (Å²) in [7, 11) is 0. The van der Waals surface area contributed by atoms with Gasteiger partial charge in [0.25, 0.3) is 0 Å². The Morgan fingerprint density at radius 2 is 2.43 bits per heavy atom. The molecule has 0 radical (unpaired) electrons. The van der Waals surface area contributed by atoms with Crippen molar-refractivity contribution < 1.29 is 9.18 Å². The van der Waals surface area contributed by atoms with Crippen molar-refractivity contribution in [3.05, 3.63) is 0 Å². The fourth-order valence-corrected chi connectivity index (χ4v) is 0.166. The van der Waals surface area contributed by atoms with Gasteiger partial charge in [-0.2, -0.15) is 0 Å². The number of rotatable bonds is 2. The van der Waals surface area contributed by atoms with E-state index in [1.807, 2.05) is 0 Å². The molecule has 0 rings (SSSR count). The van der Waals surface area contributed by atoms with Crippen LogP contribution in [0.2, 0.25) is 0 Å². The predicted molar refractivity (Wildman–Crippen MR) is 24.6 cm³/mol. The molecule has 7 heavy (non-hydrogen) atoms. The normalized spacial score (nSPS) is 13.6. The van der Waals surface area contributed by atoms with Gasteiger partial charge in [-0.3, -0.25) is 4.79 Å². The summed E-state index contributed by atoms with van der Waals surface area (Å²) in [6.07, 6.45) is -1.46. The van der Waals surface area contributed by atoms with Crippen molar-refractivity contribution in [2.24, 2.45) is 5.73 Å². The van der Waals surface area contributed by atoms with E-state index < -0.39 is 12.0 Å². The SMILES string of the molecule is CC(=O)[C@@H](F)CN. The zero-order valence-corrected chi connectivity index (χ0v) is 4.15. The molecule has 0 aromatic carbocycles. The van der Waals surface area contributed by atoms with Gasteiger partial charge >= 0.3 is 0 Å². The Bertz CT molecular complexity index is 74.1. The van der Waals surface area contributed by atoms with Gasteiger partial charge in [-0.1, -0.05) is 0 Å². The Hall–Kier alpha value is -0.440. The molecule has 0 saturated carbocycles. The highest BCUT2D eigenvalue weighted by molar-refractivity contribution is 5.80. The summed E-state index contributed by atoms with van der Waals surface area (Å²) in [4.78, 5) is 9.92. The van der Waals surface area contributed by atoms with Crippen molar-refractivity contribution >= 4 is 5.78 Å². The molecule has 42 valence electrons. The molecule has 3 heteroatoms. The number of carbonyl (C=O) groups excluding carboxylic acids is 1. The van der Waals surface area contributed by atoms with Crippen molar-refractivity contribution in [3.8, 4) is 0 Å². The lowest BCUT2D eigenvalue weighted by Gasteiger charge is -1.94. The number of hydrogen-bond acceptors (Lipinski definition) is 2. The maximum absolute atomic E-state index is 11.8. The first-order chi connectivity index (χ1) is 3.18. The summed E-state index contributed by atoms with van der Waals surface area (Å²) in [5.41, 5.74) is 4.78. The number of carbonyl (C=O) groups is 1. The predicted octanol–water partition coefficient (Wildman–Crippen LogP) is -0.128. The molecule has 0 saturated heterocycles. The van der Waals surface area contributed by atoms with E-state index in [4.69, 9.17) is 5.73 Å². The molecule has 0 aromatic heterocycles. The fourth-order valence-electron chi connectivity index (χ4n) is 0.166. The van der Waals surface area contributed by atoms with Crippen LogP contribution in [-0.4, -0.2) is 18.5 Å². The van der Waals surface area contributed by atoms with Crippen LogP contribution in [-0.2, 0) is 4.79 Å². The zero-order chi connectivity index (χ0) is 5.86. The van der Waals surface area contributed by atoms with E-state index in [-0.39, 0.29) is 6.54 Å². The molecule has 0 aliphatic rings. The first kappa shape index (κ1) is 6.56. The summed E-state index contributed by atoms with van der Waals surface area (Å²) >= 11 is 0. The second kappa shape index (κ2) is 2.69.